The molecule has 0 aliphatic heterocycles. The Labute approximate surface area is 106 Å². The monoisotopic (exact) mass is 293 g/mol. The van der Waals surface area contributed by atoms with E-state index in [9.17, 15) is 9.90 Å². The third kappa shape index (κ3) is 2.79. The Balaban J connectivity index is 2.20. The van der Waals surface area contributed by atoms with Gasteiger partial charge in [0.2, 0.25) is 0 Å². The quantitative estimate of drug-likeness (QED) is 0.890. The van der Waals surface area contributed by atoms with Gasteiger partial charge in [0.1, 0.15) is 5.75 Å². The predicted molar refractivity (Wildman–Crippen MR) is 65.8 cm³/mol. The van der Waals surface area contributed by atoms with E-state index in [1.54, 1.807) is 18.5 Å². The van der Waals surface area contributed by atoms with Gasteiger partial charge in [-0.2, -0.15) is 0 Å². The number of hydrogen-bond acceptors (Lipinski definition) is 4. The Morgan fingerprint density at radius 1 is 1.29 bits per heavy atom. The van der Waals surface area contributed by atoms with Crippen LogP contribution < -0.4 is 5.32 Å². The van der Waals surface area contributed by atoms with Crippen LogP contribution in [0, 0.1) is 0 Å². The molecule has 1 amide bonds. The van der Waals surface area contributed by atoms with Crippen LogP contribution in [0.15, 0.2) is 41.4 Å². The minimum absolute atomic E-state index is 0.0496. The van der Waals surface area contributed by atoms with Crippen LogP contribution in [0.1, 0.15) is 10.4 Å². The molecule has 86 valence electrons. The smallest absolute Gasteiger partial charge is 0.257 e. The number of amides is 1. The molecule has 0 aliphatic rings. The highest BCUT2D eigenvalue weighted by Crippen LogP contribution is 2.21. The number of carbonyl (C=O) groups excluding carboxylic acids is 1. The summed E-state index contributed by atoms with van der Waals surface area (Å²) in [5.41, 5.74) is 0.891. The number of carbonyl (C=O) groups is 1. The fourth-order valence-electron chi connectivity index (χ4n) is 1.22. The molecular formula is C11H8BrN3O2. The van der Waals surface area contributed by atoms with Gasteiger partial charge in [-0.15, -0.1) is 0 Å². The summed E-state index contributed by atoms with van der Waals surface area (Å²) < 4.78 is 0.682. The molecular weight excluding hydrogens is 286 g/mol. The van der Waals surface area contributed by atoms with Crippen molar-refractivity contribution in [1.82, 2.24) is 9.97 Å². The molecule has 2 N–H and O–H groups in total. The fraction of sp³-hybridized carbons (Fsp3) is 0. The maximum absolute atomic E-state index is 11.8. The lowest BCUT2D eigenvalue weighted by Gasteiger charge is -2.06. The number of nitrogens with zero attached hydrogens (tertiary/aromatic N) is 2. The molecule has 0 bridgehead atoms. The standard InChI is InChI=1S/C11H8BrN3O2/c12-9-6-13-2-1-10(9)15-11(17)7-3-8(16)5-14-4-7/h1-6,16H,(H,13,15,17). The largest absolute Gasteiger partial charge is 0.506 e. The number of rotatable bonds is 2. The van der Waals surface area contributed by atoms with E-state index < -0.39 is 0 Å². The van der Waals surface area contributed by atoms with Gasteiger partial charge in [0.15, 0.2) is 0 Å². The Morgan fingerprint density at radius 2 is 2.12 bits per heavy atom. The van der Waals surface area contributed by atoms with Gasteiger partial charge >= 0.3 is 0 Å². The normalized spacial score (nSPS) is 9.94. The molecule has 0 fully saturated rings. The Kier molecular flexibility index (Phi) is 3.34. The van der Waals surface area contributed by atoms with Crippen LogP contribution in [0.25, 0.3) is 0 Å². The number of hydrogen-bond donors (Lipinski definition) is 2. The zero-order chi connectivity index (χ0) is 12.3. The first kappa shape index (κ1) is 11.5. The third-order valence-corrected chi connectivity index (χ3v) is 2.64. The van der Waals surface area contributed by atoms with E-state index >= 15 is 0 Å². The minimum atomic E-state index is -0.347. The van der Waals surface area contributed by atoms with Crippen LogP contribution in [0.2, 0.25) is 0 Å². The van der Waals surface area contributed by atoms with Crippen molar-refractivity contribution in [3.63, 3.8) is 0 Å². The summed E-state index contributed by atoms with van der Waals surface area (Å²) in [6, 6.07) is 3.01. The first-order chi connectivity index (χ1) is 8.16. The average Bonchev–Trinajstić information content (AvgIpc) is 2.32. The van der Waals surface area contributed by atoms with Gasteiger partial charge in [-0.25, -0.2) is 0 Å². The zero-order valence-electron chi connectivity index (χ0n) is 8.59. The summed E-state index contributed by atoms with van der Waals surface area (Å²) in [5.74, 6) is -0.397. The molecule has 2 aromatic heterocycles. The molecule has 5 nitrogen and oxygen atoms in total. The molecule has 17 heavy (non-hydrogen) atoms. The van der Waals surface area contributed by atoms with Crippen LogP contribution in [-0.4, -0.2) is 21.0 Å². The molecule has 0 saturated heterocycles. The highest BCUT2D eigenvalue weighted by molar-refractivity contribution is 9.10. The maximum Gasteiger partial charge on any atom is 0.257 e. The van der Waals surface area contributed by atoms with Gasteiger partial charge in [-0.3, -0.25) is 14.8 Å². The topological polar surface area (TPSA) is 75.1 Å². The van der Waals surface area contributed by atoms with Crippen molar-refractivity contribution in [3.05, 3.63) is 47.0 Å². The van der Waals surface area contributed by atoms with E-state index in [0.717, 1.165) is 0 Å². The predicted octanol–water partition coefficient (Wildman–Crippen LogP) is 2.20. The lowest BCUT2D eigenvalue weighted by Crippen LogP contribution is -2.12. The summed E-state index contributed by atoms with van der Waals surface area (Å²) in [7, 11) is 0. The zero-order valence-corrected chi connectivity index (χ0v) is 10.2. The highest BCUT2D eigenvalue weighted by Gasteiger charge is 2.09. The third-order valence-electron chi connectivity index (χ3n) is 2.01. The summed E-state index contributed by atoms with van der Waals surface area (Å²) in [4.78, 5) is 19.4. The number of aromatic hydroxyl groups is 1. The molecule has 0 saturated carbocycles. The van der Waals surface area contributed by atoms with Crippen molar-refractivity contribution in [2.75, 3.05) is 5.32 Å². The van der Waals surface area contributed by atoms with E-state index in [4.69, 9.17) is 0 Å². The van der Waals surface area contributed by atoms with Crippen molar-refractivity contribution in [1.29, 1.82) is 0 Å². The van der Waals surface area contributed by atoms with Crippen LogP contribution in [-0.2, 0) is 0 Å². The second-order valence-corrected chi connectivity index (χ2v) is 4.10. The first-order valence-electron chi connectivity index (χ1n) is 4.71. The molecule has 0 atom stereocenters. The van der Waals surface area contributed by atoms with Gasteiger partial charge in [0, 0.05) is 18.6 Å². The van der Waals surface area contributed by atoms with Crippen LogP contribution >= 0.6 is 15.9 Å². The van der Waals surface area contributed by atoms with Crippen LogP contribution in [0.3, 0.4) is 0 Å². The molecule has 0 aliphatic carbocycles. The Hall–Kier alpha value is -1.95. The van der Waals surface area contributed by atoms with Crippen molar-refractivity contribution >= 4 is 27.5 Å². The van der Waals surface area contributed by atoms with Crippen molar-refractivity contribution in [2.24, 2.45) is 0 Å². The summed E-state index contributed by atoms with van der Waals surface area (Å²) >= 11 is 3.27. The average molecular weight is 294 g/mol. The number of nitrogens with one attached hydrogen (secondary N) is 1. The molecule has 2 heterocycles. The lowest BCUT2D eigenvalue weighted by molar-refractivity contribution is 0.102. The number of aromatic nitrogens is 2. The van der Waals surface area contributed by atoms with Gasteiger partial charge < -0.3 is 10.4 Å². The SMILES string of the molecule is O=C(Nc1ccncc1Br)c1cncc(O)c1. The van der Waals surface area contributed by atoms with Gasteiger partial charge in [0.25, 0.3) is 5.91 Å². The molecule has 0 unspecified atom stereocenters. The second kappa shape index (κ2) is 4.92. The summed E-state index contributed by atoms with van der Waals surface area (Å²) in [6.45, 7) is 0. The van der Waals surface area contributed by atoms with Crippen LogP contribution in [0.4, 0.5) is 5.69 Å². The van der Waals surface area contributed by atoms with E-state index in [0.29, 0.717) is 10.2 Å². The number of anilines is 1. The van der Waals surface area contributed by atoms with E-state index in [1.807, 2.05) is 0 Å². The van der Waals surface area contributed by atoms with E-state index in [1.165, 1.54) is 18.5 Å². The second-order valence-electron chi connectivity index (χ2n) is 3.24. The maximum atomic E-state index is 11.8. The minimum Gasteiger partial charge on any atom is -0.506 e. The number of halogens is 1. The van der Waals surface area contributed by atoms with Gasteiger partial charge in [-0.05, 0) is 28.1 Å². The highest BCUT2D eigenvalue weighted by atomic mass is 79.9. The number of pyridine rings is 2. The summed E-state index contributed by atoms with van der Waals surface area (Å²) in [6.07, 6.45) is 5.79. The van der Waals surface area contributed by atoms with Gasteiger partial charge in [0.05, 0.1) is 21.9 Å². The molecule has 0 radical (unpaired) electrons. The summed E-state index contributed by atoms with van der Waals surface area (Å²) in [5, 5.41) is 11.9. The molecule has 0 spiro atoms. The molecule has 6 heteroatoms. The first-order valence-corrected chi connectivity index (χ1v) is 5.51. The van der Waals surface area contributed by atoms with Gasteiger partial charge in [-0.1, -0.05) is 0 Å². The molecule has 0 aromatic carbocycles. The fourth-order valence-corrected chi connectivity index (χ4v) is 1.57. The molecule has 2 aromatic rings. The van der Waals surface area contributed by atoms with E-state index in [2.05, 4.69) is 31.2 Å². The van der Waals surface area contributed by atoms with Crippen molar-refractivity contribution in [2.45, 2.75) is 0 Å². The Morgan fingerprint density at radius 3 is 2.82 bits per heavy atom. The Bertz CT molecular complexity index is 560. The van der Waals surface area contributed by atoms with Crippen LogP contribution in [0.5, 0.6) is 5.75 Å². The van der Waals surface area contributed by atoms with Crippen molar-refractivity contribution in [3.8, 4) is 5.75 Å². The molecule has 2 rings (SSSR count). The van der Waals surface area contributed by atoms with Crippen molar-refractivity contribution < 1.29 is 9.90 Å². The van der Waals surface area contributed by atoms with E-state index in [-0.39, 0.29) is 17.2 Å². The lowest BCUT2D eigenvalue weighted by atomic mass is 10.2.